The Morgan fingerprint density at radius 3 is 2.42 bits per heavy atom. The van der Waals surface area contributed by atoms with Gasteiger partial charge in [-0.05, 0) is 35.9 Å². The van der Waals surface area contributed by atoms with Gasteiger partial charge in [0.2, 0.25) is 5.78 Å². The van der Waals surface area contributed by atoms with Gasteiger partial charge in [-0.2, -0.15) is 8.42 Å². The summed E-state index contributed by atoms with van der Waals surface area (Å²) < 4.78 is 37.3. The summed E-state index contributed by atoms with van der Waals surface area (Å²) in [6, 6.07) is 10.6. The highest BCUT2D eigenvalue weighted by atomic mass is 32.2. The second-order valence-electron chi connectivity index (χ2n) is 5.50. The third-order valence-electron chi connectivity index (χ3n) is 3.52. The highest BCUT2D eigenvalue weighted by Crippen LogP contribution is 2.35. The summed E-state index contributed by atoms with van der Waals surface area (Å²) in [6.07, 6.45) is 2.45. The van der Waals surface area contributed by atoms with E-state index in [1.807, 2.05) is 0 Å². The van der Waals surface area contributed by atoms with Crippen LogP contribution in [0.15, 0.2) is 48.2 Å². The van der Waals surface area contributed by atoms with Gasteiger partial charge in [0.25, 0.3) is 0 Å². The molecule has 1 aliphatic heterocycles. The first-order chi connectivity index (χ1) is 12.3. The molecule has 134 valence electrons. The van der Waals surface area contributed by atoms with Gasteiger partial charge < -0.3 is 13.7 Å². The van der Waals surface area contributed by atoms with Crippen LogP contribution in [0.1, 0.15) is 26.3 Å². The van der Waals surface area contributed by atoms with Gasteiger partial charge in [0.15, 0.2) is 5.76 Å². The smallest absolute Gasteiger partial charge is 0.337 e. The monoisotopic (exact) mass is 374 g/mol. The first kappa shape index (κ1) is 17.7. The van der Waals surface area contributed by atoms with Crippen molar-refractivity contribution < 1.29 is 31.7 Å². The molecule has 0 atom stereocenters. The van der Waals surface area contributed by atoms with E-state index >= 15 is 0 Å². The van der Waals surface area contributed by atoms with Gasteiger partial charge >= 0.3 is 16.1 Å². The van der Waals surface area contributed by atoms with Crippen LogP contribution in [0.2, 0.25) is 0 Å². The molecule has 26 heavy (non-hydrogen) atoms. The number of Topliss-reactive ketones (excluding diaryl/α,β-unsaturated/α-hetero) is 1. The van der Waals surface area contributed by atoms with Crippen LogP contribution < -0.4 is 8.92 Å². The molecule has 1 heterocycles. The summed E-state index contributed by atoms with van der Waals surface area (Å²) >= 11 is 0. The van der Waals surface area contributed by atoms with Crippen LogP contribution in [0.5, 0.6) is 11.5 Å². The lowest BCUT2D eigenvalue weighted by Crippen LogP contribution is -2.05. The Kier molecular flexibility index (Phi) is 4.52. The number of methoxy groups -OCH3 is 1. The Morgan fingerprint density at radius 1 is 1.12 bits per heavy atom. The predicted molar refractivity (Wildman–Crippen MR) is 92.6 cm³/mol. The zero-order valence-corrected chi connectivity index (χ0v) is 14.7. The molecule has 0 saturated carbocycles. The maximum Gasteiger partial charge on any atom is 0.337 e. The van der Waals surface area contributed by atoms with Crippen LogP contribution in [0.25, 0.3) is 6.08 Å². The molecule has 8 heteroatoms. The molecule has 0 bridgehead atoms. The molecule has 2 aromatic rings. The van der Waals surface area contributed by atoms with Crippen LogP contribution in [-0.4, -0.2) is 33.5 Å². The summed E-state index contributed by atoms with van der Waals surface area (Å²) in [5, 5.41) is 0. The molecule has 1 aliphatic rings. The number of ether oxygens (including phenoxy) is 2. The van der Waals surface area contributed by atoms with Crippen LogP contribution in [-0.2, 0) is 14.9 Å². The molecule has 0 fully saturated rings. The van der Waals surface area contributed by atoms with E-state index < -0.39 is 16.1 Å². The maximum atomic E-state index is 12.4. The highest BCUT2D eigenvalue weighted by molar-refractivity contribution is 7.86. The highest BCUT2D eigenvalue weighted by Gasteiger charge is 2.28. The molecular weight excluding hydrogens is 360 g/mol. The van der Waals surface area contributed by atoms with Crippen molar-refractivity contribution in [2.24, 2.45) is 0 Å². The number of esters is 1. The van der Waals surface area contributed by atoms with Gasteiger partial charge in [0, 0.05) is 6.07 Å². The predicted octanol–water partition coefficient (Wildman–Crippen LogP) is 2.43. The zero-order valence-electron chi connectivity index (χ0n) is 13.9. The average Bonchev–Trinajstić information content (AvgIpc) is 2.88. The molecule has 0 saturated heterocycles. The molecule has 7 nitrogen and oxygen atoms in total. The van der Waals surface area contributed by atoms with E-state index in [1.165, 1.54) is 31.4 Å². The number of rotatable bonds is 4. The van der Waals surface area contributed by atoms with Gasteiger partial charge in [-0.25, -0.2) is 4.79 Å². The maximum absolute atomic E-state index is 12.4. The van der Waals surface area contributed by atoms with E-state index in [0.29, 0.717) is 16.7 Å². The number of hydrogen-bond acceptors (Lipinski definition) is 7. The average molecular weight is 374 g/mol. The number of benzene rings is 2. The SMILES string of the molecule is COC(=O)c1ccc(C=C2Oc3cc(OS(C)(=O)=O)ccc3C2=O)cc1. The fourth-order valence-electron chi connectivity index (χ4n) is 2.38. The minimum atomic E-state index is -3.68. The summed E-state index contributed by atoms with van der Waals surface area (Å²) in [5.41, 5.74) is 1.35. The third kappa shape index (κ3) is 3.75. The Bertz CT molecular complexity index is 1020. The molecule has 0 N–H and O–H groups in total. The van der Waals surface area contributed by atoms with Crippen LogP contribution >= 0.6 is 0 Å². The largest absolute Gasteiger partial charge is 0.465 e. The van der Waals surface area contributed by atoms with E-state index in [0.717, 1.165) is 6.26 Å². The van der Waals surface area contributed by atoms with Crippen molar-refractivity contribution in [2.75, 3.05) is 13.4 Å². The first-order valence-electron chi connectivity index (χ1n) is 7.43. The van der Waals surface area contributed by atoms with Crippen molar-refractivity contribution in [3.63, 3.8) is 0 Å². The lowest BCUT2D eigenvalue weighted by atomic mass is 10.1. The number of ketones is 1. The lowest BCUT2D eigenvalue weighted by Gasteiger charge is -2.04. The molecule has 0 aliphatic carbocycles. The molecular formula is C18H14O7S. The normalized spacial score (nSPS) is 14.7. The van der Waals surface area contributed by atoms with E-state index in [1.54, 1.807) is 24.3 Å². The van der Waals surface area contributed by atoms with Crippen molar-refractivity contribution in [3.8, 4) is 11.5 Å². The lowest BCUT2D eigenvalue weighted by molar-refractivity contribution is 0.0600. The molecule has 0 radical (unpaired) electrons. The second kappa shape index (κ2) is 6.64. The van der Waals surface area contributed by atoms with E-state index in [9.17, 15) is 18.0 Å². The number of fused-ring (bicyclic) bond motifs is 1. The minimum Gasteiger partial charge on any atom is -0.465 e. The molecule has 0 spiro atoms. The fourth-order valence-corrected chi connectivity index (χ4v) is 2.83. The Labute approximate surface area is 149 Å². The molecule has 3 rings (SSSR count). The van der Waals surface area contributed by atoms with Crippen molar-refractivity contribution >= 4 is 27.9 Å². The van der Waals surface area contributed by atoms with Crippen molar-refractivity contribution in [3.05, 3.63) is 64.9 Å². The number of carbonyl (C=O) groups excluding carboxylic acids is 2. The van der Waals surface area contributed by atoms with E-state index in [-0.39, 0.29) is 23.0 Å². The fraction of sp³-hybridized carbons (Fsp3) is 0.111. The topological polar surface area (TPSA) is 96.0 Å². The standard InChI is InChI=1S/C18H14O7S/c1-23-18(20)12-5-3-11(4-6-12)9-16-17(19)14-8-7-13(10-15(14)24-16)25-26(2,21)22/h3-10H,1-2H3. The van der Waals surface area contributed by atoms with Gasteiger partial charge in [-0.15, -0.1) is 0 Å². The van der Waals surface area contributed by atoms with Crippen molar-refractivity contribution in [1.29, 1.82) is 0 Å². The first-order valence-corrected chi connectivity index (χ1v) is 9.24. The van der Waals surface area contributed by atoms with Crippen LogP contribution in [0, 0.1) is 0 Å². The minimum absolute atomic E-state index is 0.0581. The molecule has 0 unspecified atom stereocenters. The summed E-state index contributed by atoms with van der Waals surface area (Å²) in [6.45, 7) is 0. The summed E-state index contributed by atoms with van der Waals surface area (Å²) in [5.74, 6) is -0.426. The molecule has 0 aromatic heterocycles. The van der Waals surface area contributed by atoms with Gasteiger partial charge in [-0.1, -0.05) is 12.1 Å². The molecule has 0 amide bonds. The summed E-state index contributed by atoms with van der Waals surface area (Å²) in [7, 11) is -2.38. The van der Waals surface area contributed by atoms with Gasteiger partial charge in [-0.3, -0.25) is 4.79 Å². The van der Waals surface area contributed by atoms with Crippen molar-refractivity contribution in [2.45, 2.75) is 0 Å². The Hall–Kier alpha value is -3.13. The number of allylic oxidation sites excluding steroid dienone is 1. The zero-order chi connectivity index (χ0) is 18.9. The van der Waals surface area contributed by atoms with E-state index in [2.05, 4.69) is 4.74 Å². The third-order valence-corrected chi connectivity index (χ3v) is 4.01. The number of carbonyl (C=O) groups is 2. The van der Waals surface area contributed by atoms with Crippen molar-refractivity contribution in [1.82, 2.24) is 0 Å². The molecule has 2 aromatic carbocycles. The number of hydrogen-bond donors (Lipinski definition) is 0. The second-order valence-corrected chi connectivity index (χ2v) is 7.07. The van der Waals surface area contributed by atoms with Crippen LogP contribution in [0.3, 0.4) is 0 Å². The van der Waals surface area contributed by atoms with E-state index in [4.69, 9.17) is 8.92 Å². The Morgan fingerprint density at radius 2 is 1.81 bits per heavy atom. The van der Waals surface area contributed by atoms with Gasteiger partial charge in [0.1, 0.15) is 11.5 Å². The van der Waals surface area contributed by atoms with Gasteiger partial charge in [0.05, 0.1) is 24.5 Å². The summed E-state index contributed by atoms with van der Waals surface area (Å²) in [4.78, 5) is 23.8. The Balaban J connectivity index is 1.85. The van der Waals surface area contributed by atoms with Crippen LogP contribution in [0.4, 0.5) is 0 Å². The quantitative estimate of drug-likeness (QED) is 0.461.